The Balaban J connectivity index is 2.10. The maximum atomic E-state index is 5.42. The minimum Gasteiger partial charge on any atom is -0.496 e. The highest BCUT2D eigenvalue weighted by molar-refractivity contribution is 5.39. The van der Waals surface area contributed by atoms with E-state index in [1.54, 1.807) is 7.11 Å². The van der Waals surface area contributed by atoms with Gasteiger partial charge in [0.2, 0.25) is 0 Å². The molecule has 3 nitrogen and oxygen atoms in total. The molecule has 0 bridgehead atoms. The summed E-state index contributed by atoms with van der Waals surface area (Å²) in [6.07, 6.45) is 0. The Morgan fingerprint density at radius 2 is 2.11 bits per heavy atom. The summed E-state index contributed by atoms with van der Waals surface area (Å²) in [7, 11) is 3.94. The quantitative estimate of drug-likeness (QED) is 0.865. The first-order valence-corrected chi connectivity index (χ1v) is 6.69. The minimum absolute atomic E-state index is 0.496. The molecule has 1 aromatic rings. The van der Waals surface area contributed by atoms with Crippen LogP contribution in [0.4, 0.5) is 0 Å². The number of likely N-dealkylation sites (N-methyl/N-ethyl adjacent to an activating group) is 1. The van der Waals surface area contributed by atoms with Gasteiger partial charge in [0, 0.05) is 25.7 Å². The average Bonchev–Trinajstić information content (AvgIpc) is 2.26. The van der Waals surface area contributed by atoms with Crippen LogP contribution in [0.15, 0.2) is 18.2 Å². The molecule has 1 saturated heterocycles. The Bertz CT molecular complexity index is 399. The van der Waals surface area contributed by atoms with Gasteiger partial charge in [-0.25, -0.2) is 0 Å². The van der Waals surface area contributed by atoms with Gasteiger partial charge in [0.15, 0.2) is 0 Å². The van der Waals surface area contributed by atoms with Gasteiger partial charge in [-0.2, -0.15) is 0 Å². The summed E-state index contributed by atoms with van der Waals surface area (Å²) < 4.78 is 5.42. The summed E-state index contributed by atoms with van der Waals surface area (Å²) in [5.41, 5.74) is 2.67. The van der Waals surface area contributed by atoms with E-state index in [-0.39, 0.29) is 0 Å². The lowest BCUT2D eigenvalue weighted by molar-refractivity contribution is 0.173. The van der Waals surface area contributed by atoms with Crippen LogP contribution in [0.5, 0.6) is 5.75 Å². The fourth-order valence-corrected chi connectivity index (χ4v) is 2.34. The minimum atomic E-state index is 0.496. The monoisotopic (exact) mass is 248 g/mol. The van der Waals surface area contributed by atoms with Crippen molar-refractivity contribution in [3.8, 4) is 5.75 Å². The van der Waals surface area contributed by atoms with Crippen molar-refractivity contribution in [2.75, 3.05) is 27.2 Å². The predicted molar refractivity (Wildman–Crippen MR) is 75.2 cm³/mol. The summed E-state index contributed by atoms with van der Waals surface area (Å²) in [5.74, 6) is 1.50. The summed E-state index contributed by atoms with van der Waals surface area (Å²) in [6, 6.07) is 7.24. The third-order valence-electron chi connectivity index (χ3n) is 3.73. The summed E-state index contributed by atoms with van der Waals surface area (Å²) >= 11 is 0. The Morgan fingerprint density at radius 3 is 2.61 bits per heavy atom. The van der Waals surface area contributed by atoms with E-state index in [0.717, 1.165) is 25.4 Å². The first-order valence-electron chi connectivity index (χ1n) is 6.69. The van der Waals surface area contributed by atoms with Crippen LogP contribution in [0.2, 0.25) is 0 Å². The molecule has 0 amide bonds. The molecule has 0 atom stereocenters. The molecule has 1 aliphatic rings. The molecule has 3 heteroatoms. The molecule has 18 heavy (non-hydrogen) atoms. The van der Waals surface area contributed by atoms with E-state index in [1.165, 1.54) is 11.1 Å². The number of nitrogens with zero attached hydrogens (tertiary/aromatic N) is 1. The zero-order chi connectivity index (χ0) is 13.1. The first-order chi connectivity index (χ1) is 8.61. The molecule has 1 aliphatic heterocycles. The van der Waals surface area contributed by atoms with Crippen LogP contribution in [0.1, 0.15) is 30.9 Å². The van der Waals surface area contributed by atoms with Gasteiger partial charge in [-0.3, -0.25) is 4.90 Å². The van der Waals surface area contributed by atoms with Crippen molar-refractivity contribution in [3.05, 3.63) is 29.3 Å². The predicted octanol–water partition coefficient (Wildman–Crippen LogP) is 2.22. The molecule has 1 aromatic carbocycles. The molecule has 1 heterocycles. The molecule has 0 unspecified atom stereocenters. The molecular weight excluding hydrogens is 224 g/mol. The van der Waals surface area contributed by atoms with E-state index >= 15 is 0 Å². The number of benzene rings is 1. The number of methoxy groups -OCH3 is 1. The van der Waals surface area contributed by atoms with Crippen LogP contribution in [0.25, 0.3) is 0 Å². The summed E-state index contributed by atoms with van der Waals surface area (Å²) in [5, 5.41) is 3.31. The Morgan fingerprint density at radius 1 is 1.39 bits per heavy atom. The lowest BCUT2D eigenvalue weighted by Crippen LogP contribution is -2.55. The van der Waals surface area contributed by atoms with E-state index in [4.69, 9.17) is 4.74 Å². The number of nitrogens with one attached hydrogen (secondary N) is 1. The molecule has 100 valence electrons. The second-order valence-corrected chi connectivity index (χ2v) is 5.46. The molecule has 2 rings (SSSR count). The van der Waals surface area contributed by atoms with E-state index in [1.807, 2.05) is 0 Å². The van der Waals surface area contributed by atoms with E-state index < -0.39 is 0 Å². The third-order valence-corrected chi connectivity index (χ3v) is 3.73. The van der Waals surface area contributed by atoms with Crippen molar-refractivity contribution in [3.63, 3.8) is 0 Å². The van der Waals surface area contributed by atoms with Gasteiger partial charge in [0.1, 0.15) is 5.75 Å². The topological polar surface area (TPSA) is 24.5 Å². The van der Waals surface area contributed by atoms with Crippen LogP contribution in [0, 0.1) is 0 Å². The molecule has 0 spiro atoms. The number of hydrogen-bond donors (Lipinski definition) is 1. The molecule has 1 fully saturated rings. The number of hydrogen-bond acceptors (Lipinski definition) is 3. The van der Waals surface area contributed by atoms with Crippen molar-refractivity contribution in [1.82, 2.24) is 10.2 Å². The number of ether oxygens (including phenoxy) is 1. The highest BCUT2D eigenvalue weighted by atomic mass is 16.5. The highest BCUT2D eigenvalue weighted by Gasteiger charge is 2.21. The van der Waals surface area contributed by atoms with E-state index in [0.29, 0.717) is 12.0 Å². The van der Waals surface area contributed by atoms with Crippen molar-refractivity contribution in [2.24, 2.45) is 0 Å². The summed E-state index contributed by atoms with van der Waals surface area (Å²) in [6.45, 7) is 7.66. The molecule has 0 radical (unpaired) electrons. The molecule has 0 saturated carbocycles. The summed E-state index contributed by atoms with van der Waals surface area (Å²) in [4.78, 5) is 2.42. The maximum absolute atomic E-state index is 5.42. The van der Waals surface area contributed by atoms with Crippen molar-refractivity contribution < 1.29 is 4.74 Å². The first kappa shape index (κ1) is 13.4. The molecule has 1 N–H and O–H groups in total. The van der Waals surface area contributed by atoms with Crippen molar-refractivity contribution in [1.29, 1.82) is 0 Å². The van der Waals surface area contributed by atoms with Crippen LogP contribution in [-0.2, 0) is 6.54 Å². The van der Waals surface area contributed by atoms with Gasteiger partial charge in [0.05, 0.1) is 7.11 Å². The lowest BCUT2D eigenvalue weighted by Gasteiger charge is -2.35. The van der Waals surface area contributed by atoms with Crippen LogP contribution >= 0.6 is 0 Å². The van der Waals surface area contributed by atoms with Crippen LogP contribution < -0.4 is 10.1 Å². The SMILES string of the molecule is COc1ccc(CN(C)C2CNC2)cc1C(C)C. The average molecular weight is 248 g/mol. The third kappa shape index (κ3) is 2.85. The van der Waals surface area contributed by atoms with Gasteiger partial charge in [-0.05, 0) is 30.2 Å². The van der Waals surface area contributed by atoms with Gasteiger partial charge < -0.3 is 10.1 Å². The van der Waals surface area contributed by atoms with E-state index in [2.05, 4.69) is 49.3 Å². The fraction of sp³-hybridized carbons (Fsp3) is 0.600. The van der Waals surface area contributed by atoms with Gasteiger partial charge in [-0.1, -0.05) is 26.0 Å². The van der Waals surface area contributed by atoms with Crippen molar-refractivity contribution in [2.45, 2.75) is 32.4 Å². The maximum Gasteiger partial charge on any atom is 0.122 e. The smallest absolute Gasteiger partial charge is 0.122 e. The standard InChI is InChI=1S/C15H24N2O/c1-11(2)14-7-12(5-6-15(14)18-4)10-17(3)13-8-16-9-13/h5-7,11,13,16H,8-10H2,1-4H3. The second-order valence-electron chi connectivity index (χ2n) is 5.46. The van der Waals surface area contributed by atoms with Crippen LogP contribution in [-0.4, -0.2) is 38.2 Å². The molecule has 0 aliphatic carbocycles. The Kier molecular flexibility index (Phi) is 4.25. The van der Waals surface area contributed by atoms with Gasteiger partial charge in [-0.15, -0.1) is 0 Å². The fourth-order valence-electron chi connectivity index (χ4n) is 2.34. The largest absolute Gasteiger partial charge is 0.496 e. The van der Waals surface area contributed by atoms with Gasteiger partial charge >= 0.3 is 0 Å². The highest BCUT2D eigenvalue weighted by Crippen LogP contribution is 2.27. The molecule has 0 aromatic heterocycles. The lowest BCUT2D eigenvalue weighted by atomic mass is 9.99. The Hall–Kier alpha value is -1.06. The van der Waals surface area contributed by atoms with E-state index in [9.17, 15) is 0 Å². The zero-order valence-corrected chi connectivity index (χ0v) is 11.9. The van der Waals surface area contributed by atoms with Crippen molar-refractivity contribution >= 4 is 0 Å². The normalized spacial score (nSPS) is 16.1. The second kappa shape index (κ2) is 5.72. The van der Waals surface area contributed by atoms with Gasteiger partial charge in [0.25, 0.3) is 0 Å². The zero-order valence-electron chi connectivity index (χ0n) is 11.9. The van der Waals surface area contributed by atoms with Crippen LogP contribution in [0.3, 0.4) is 0 Å². The molecular formula is C15H24N2O. The Labute approximate surface area is 110 Å². The number of rotatable bonds is 5.